The van der Waals surface area contributed by atoms with Gasteiger partial charge in [0.05, 0.1) is 22.2 Å². The van der Waals surface area contributed by atoms with Gasteiger partial charge in [0.2, 0.25) is 0 Å². The third-order valence-corrected chi connectivity index (χ3v) is 13.9. The topological polar surface area (TPSA) is 25.7 Å². The molecule has 0 aliphatic rings. The zero-order valence-electron chi connectivity index (χ0n) is 36.9. The van der Waals surface area contributed by atoms with Crippen LogP contribution in [0.4, 0.5) is 17.1 Å². The minimum absolute atomic E-state index is 0.901. The predicted molar refractivity (Wildman–Crippen MR) is 285 cm³/mol. The molecule has 68 heavy (non-hydrogen) atoms. The van der Waals surface area contributed by atoms with Gasteiger partial charge in [-0.2, -0.15) is 0 Å². The molecule has 14 rings (SSSR count). The number of pyridine rings is 1. The maximum atomic E-state index is 6.46. The molecule has 0 bridgehead atoms. The van der Waals surface area contributed by atoms with E-state index in [1.165, 1.54) is 60.3 Å². The van der Waals surface area contributed by atoms with E-state index >= 15 is 0 Å². The van der Waals surface area contributed by atoms with E-state index in [-0.39, 0.29) is 0 Å². The van der Waals surface area contributed by atoms with Gasteiger partial charge < -0.3 is 9.32 Å². The summed E-state index contributed by atoms with van der Waals surface area (Å²) < 4.78 is 11.4. The average Bonchev–Trinajstić information content (AvgIpc) is 4.09. The van der Waals surface area contributed by atoms with Gasteiger partial charge in [-0.05, 0) is 100 Å². The molecule has 0 aliphatic heterocycles. The van der Waals surface area contributed by atoms with Crippen LogP contribution >= 0.6 is 0 Å². The highest BCUT2D eigenvalue weighted by atomic mass is 16.3. The van der Waals surface area contributed by atoms with Gasteiger partial charge in [0.25, 0.3) is 0 Å². The fraction of sp³-hybridized carbons (Fsp3) is 0. The first-order chi connectivity index (χ1) is 33.7. The third kappa shape index (κ3) is 5.87. The van der Waals surface area contributed by atoms with Crippen molar-refractivity contribution in [3.63, 3.8) is 0 Å². The fourth-order valence-electron chi connectivity index (χ4n) is 10.8. The van der Waals surface area contributed by atoms with Crippen LogP contribution in [0.25, 0.3) is 110 Å². The minimum Gasteiger partial charge on any atom is -0.455 e. The van der Waals surface area contributed by atoms with Gasteiger partial charge in [-0.3, -0.25) is 8.97 Å². The highest BCUT2D eigenvalue weighted by Gasteiger charge is 2.22. The Kier molecular flexibility index (Phi) is 8.55. The number of para-hydroxylation sites is 5. The normalized spacial score (nSPS) is 11.8. The van der Waals surface area contributed by atoms with Gasteiger partial charge in [-0.15, -0.1) is 0 Å². The molecule has 14 aromatic rings. The zero-order chi connectivity index (χ0) is 44.7. The summed E-state index contributed by atoms with van der Waals surface area (Å²) in [6.07, 6.45) is 0. The molecule has 0 atom stereocenters. The molecule has 4 nitrogen and oxygen atoms in total. The predicted octanol–water partition coefficient (Wildman–Crippen LogP) is 17.7. The van der Waals surface area contributed by atoms with Crippen LogP contribution in [0.2, 0.25) is 0 Å². The quantitative estimate of drug-likeness (QED) is 0.149. The monoisotopic (exact) mass is 867 g/mol. The molecule has 4 heteroatoms. The fourth-order valence-corrected chi connectivity index (χ4v) is 10.8. The molecule has 10 aromatic carbocycles. The highest BCUT2D eigenvalue weighted by Crippen LogP contribution is 2.45. The van der Waals surface area contributed by atoms with Crippen molar-refractivity contribution in [1.29, 1.82) is 0 Å². The number of hydrogen-bond donors (Lipinski definition) is 0. The second kappa shape index (κ2) is 15.2. The Labute approximate surface area is 392 Å². The molecule has 0 aliphatic carbocycles. The van der Waals surface area contributed by atoms with Crippen LogP contribution < -0.4 is 4.90 Å². The minimum atomic E-state index is 0.901. The van der Waals surface area contributed by atoms with E-state index in [2.05, 4.69) is 250 Å². The number of benzene rings is 10. The van der Waals surface area contributed by atoms with Crippen LogP contribution in [0, 0.1) is 0 Å². The molecule has 4 aromatic heterocycles. The van der Waals surface area contributed by atoms with Gasteiger partial charge in [0.15, 0.2) is 0 Å². The lowest BCUT2D eigenvalue weighted by Crippen LogP contribution is -2.11. The van der Waals surface area contributed by atoms with Crippen LogP contribution in [0.1, 0.15) is 0 Å². The van der Waals surface area contributed by atoms with Gasteiger partial charge in [0, 0.05) is 60.5 Å². The molecular weight excluding hydrogens is 827 g/mol. The SMILES string of the molecule is c1ccc(-c2ccccc2N(c2ccc(-c3ccc4c(c3)c3cc5c6ccccc6c6ccccc6n5c3n4-c3ccccc3)cc2)c2ccc(-c3cccc4c3oc3ccccc34)cc2)cc1. The molecule has 0 unspecified atom stereocenters. The van der Waals surface area contributed by atoms with Crippen molar-refractivity contribution in [1.82, 2.24) is 8.97 Å². The number of fused-ring (bicyclic) bond motifs is 13. The number of aromatic nitrogens is 2. The Morgan fingerprint density at radius 2 is 0.897 bits per heavy atom. The van der Waals surface area contributed by atoms with Gasteiger partial charge >= 0.3 is 0 Å². The molecule has 318 valence electrons. The number of nitrogens with zero attached hydrogens (tertiary/aromatic N) is 3. The number of hydrogen-bond acceptors (Lipinski definition) is 2. The van der Waals surface area contributed by atoms with Gasteiger partial charge in [-0.25, -0.2) is 0 Å². The van der Waals surface area contributed by atoms with Crippen molar-refractivity contribution in [2.45, 2.75) is 0 Å². The van der Waals surface area contributed by atoms with Crippen molar-refractivity contribution >= 4 is 88.1 Å². The molecule has 0 spiro atoms. The van der Waals surface area contributed by atoms with Crippen LogP contribution in [-0.2, 0) is 0 Å². The maximum absolute atomic E-state index is 6.46. The Morgan fingerprint density at radius 3 is 1.68 bits per heavy atom. The first-order valence-electron chi connectivity index (χ1n) is 23.3. The first kappa shape index (κ1) is 38.2. The number of anilines is 3. The molecule has 0 N–H and O–H groups in total. The Morgan fingerprint density at radius 1 is 0.324 bits per heavy atom. The molecule has 0 saturated carbocycles. The standard InChI is InChI=1S/C64H41N3O/c1-3-16-43(17-4-1)49-20-9-12-27-58(49)65(48-37-32-44(33-38-48)50-25-15-26-55-54-24-11-14-29-62(54)68-63(50)55)47-35-30-42(31-36-47)45-34-39-60-56(40-45)57-41-61-53-23-8-7-21-51(53)52-22-10-13-28-59(52)67(61)64(57)66(60)46-18-5-2-6-19-46/h1-41H. The van der Waals surface area contributed by atoms with Crippen LogP contribution in [0.15, 0.2) is 253 Å². The van der Waals surface area contributed by atoms with E-state index in [4.69, 9.17) is 4.42 Å². The summed E-state index contributed by atoms with van der Waals surface area (Å²) in [6, 6.07) is 89.8. The molecule has 0 saturated heterocycles. The Balaban J connectivity index is 0.915. The third-order valence-electron chi connectivity index (χ3n) is 13.9. The van der Waals surface area contributed by atoms with E-state index in [1.54, 1.807) is 0 Å². The van der Waals surface area contributed by atoms with Gasteiger partial charge in [0.1, 0.15) is 16.8 Å². The summed E-state index contributed by atoms with van der Waals surface area (Å²) >= 11 is 0. The summed E-state index contributed by atoms with van der Waals surface area (Å²) in [4.78, 5) is 2.38. The lowest BCUT2D eigenvalue weighted by Gasteiger charge is -2.28. The lowest BCUT2D eigenvalue weighted by molar-refractivity contribution is 0.670. The highest BCUT2D eigenvalue weighted by molar-refractivity contribution is 6.20. The zero-order valence-corrected chi connectivity index (χ0v) is 36.9. The Bertz CT molecular complexity index is 4240. The molecule has 0 radical (unpaired) electrons. The van der Waals surface area contributed by atoms with Crippen molar-refractivity contribution in [3.8, 4) is 39.1 Å². The van der Waals surface area contributed by atoms with E-state index in [0.717, 1.165) is 66.9 Å². The van der Waals surface area contributed by atoms with E-state index in [1.807, 2.05) is 12.1 Å². The van der Waals surface area contributed by atoms with Gasteiger partial charge in [-0.1, -0.05) is 176 Å². The van der Waals surface area contributed by atoms with Crippen molar-refractivity contribution in [2.75, 3.05) is 4.90 Å². The summed E-state index contributed by atoms with van der Waals surface area (Å²) in [5, 5.41) is 8.47. The van der Waals surface area contributed by atoms with Crippen LogP contribution in [0.3, 0.4) is 0 Å². The Hall–Kier alpha value is -9.12. The summed E-state index contributed by atoms with van der Waals surface area (Å²) in [6.45, 7) is 0. The van der Waals surface area contributed by atoms with Crippen LogP contribution in [0.5, 0.6) is 0 Å². The van der Waals surface area contributed by atoms with E-state index < -0.39 is 0 Å². The maximum Gasteiger partial charge on any atom is 0.143 e. The molecular formula is C64H41N3O. The molecule has 0 fully saturated rings. The molecule has 4 heterocycles. The summed E-state index contributed by atoms with van der Waals surface area (Å²) in [7, 11) is 0. The smallest absolute Gasteiger partial charge is 0.143 e. The van der Waals surface area contributed by atoms with Crippen molar-refractivity contribution < 1.29 is 4.42 Å². The van der Waals surface area contributed by atoms with Crippen molar-refractivity contribution in [3.05, 3.63) is 249 Å². The molecule has 0 amide bonds. The first-order valence-corrected chi connectivity index (χ1v) is 23.3. The van der Waals surface area contributed by atoms with E-state index in [9.17, 15) is 0 Å². The number of furan rings is 1. The second-order valence-corrected chi connectivity index (χ2v) is 17.7. The average molecular weight is 868 g/mol. The summed E-state index contributed by atoms with van der Waals surface area (Å²) in [5.41, 5.74) is 17.8. The lowest BCUT2D eigenvalue weighted by atomic mass is 9.99. The second-order valence-electron chi connectivity index (χ2n) is 17.7. The summed E-state index contributed by atoms with van der Waals surface area (Å²) in [5.74, 6) is 0. The van der Waals surface area contributed by atoms with Crippen LogP contribution in [-0.4, -0.2) is 8.97 Å². The largest absolute Gasteiger partial charge is 0.455 e. The van der Waals surface area contributed by atoms with E-state index in [0.29, 0.717) is 0 Å². The van der Waals surface area contributed by atoms with Crippen molar-refractivity contribution in [2.24, 2.45) is 0 Å². The number of rotatable bonds is 7.